The number of primary amides is 1. The zero-order valence-electron chi connectivity index (χ0n) is 20.5. The van der Waals surface area contributed by atoms with Crippen molar-refractivity contribution in [1.29, 1.82) is 0 Å². The highest BCUT2D eigenvalue weighted by Crippen LogP contribution is 2.32. The van der Waals surface area contributed by atoms with Crippen molar-refractivity contribution < 1.29 is 28.7 Å². The summed E-state index contributed by atoms with van der Waals surface area (Å²) in [7, 11) is 0. The number of nitrogens with one attached hydrogen (secondary N) is 2. The van der Waals surface area contributed by atoms with E-state index in [1.165, 1.54) is 6.21 Å². The molecule has 1 saturated carbocycles. The van der Waals surface area contributed by atoms with Gasteiger partial charge in [0.2, 0.25) is 11.8 Å². The Kier molecular flexibility index (Phi) is 10.7. The SMILES string of the molecule is CC(C)(C)OC(=O)C[C@@H](/C=N/NC(N)=O)NC(=O)[C@@H](CC(=O)N1CCOCC1)CC1CCCC1. The first kappa shape index (κ1) is 27.6. The van der Waals surface area contributed by atoms with Gasteiger partial charge in [-0.2, -0.15) is 5.10 Å². The van der Waals surface area contributed by atoms with Gasteiger partial charge in [-0.1, -0.05) is 25.7 Å². The van der Waals surface area contributed by atoms with Crippen molar-refractivity contribution >= 4 is 30.0 Å². The van der Waals surface area contributed by atoms with Gasteiger partial charge in [-0.3, -0.25) is 14.4 Å². The molecule has 0 spiro atoms. The van der Waals surface area contributed by atoms with E-state index in [1.807, 2.05) is 0 Å². The van der Waals surface area contributed by atoms with Crippen LogP contribution >= 0.6 is 0 Å². The predicted octanol–water partition coefficient (Wildman–Crippen LogP) is 1.30. The molecular weight excluding hydrogens is 442 g/mol. The van der Waals surface area contributed by atoms with E-state index < -0.39 is 29.6 Å². The molecule has 2 fully saturated rings. The topological polar surface area (TPSA) is 152 Å². The van der Waals surface area contributed by atoms with Crippen LogP contribution in [0.2, 0.25) is 0 Å². The van der Waals surface area contributed by atoms with E-state index in [4.69, 9.17) is 15.2 Å². The van der Waals surface area contributed by atoms with E-state index in [9.17, 15) is 19.2 Å². The molecular formula is C23H39N5O6. The number of nitrogens with two attached hydrogens (primary N) is 1. The molecule has 1 saturated heterocycles. The van der Waals surface area contributed by atoms with Gasteiger partial charge in [0.25, 0.3) is 0 Å². The van der Waals surface area contributed by atoms with Gasteiger partial charge < -0.3 is 25.4 Å². The summed E-state index contributed by atoms with van der Waals surface area (Å²) in [4.78, 5) is 51.2. The van der Waals surface area contributed by atoms with Gasteiger partial charge in [0, 0.05) is 31.6 Å². The van der Waals surface area contributed by atoms with Crippen molar-refractivity contribution in [2.24, 2.45) is 22.7 Å². The number of carbonyl (C=O) groups excluding carboxylic acids is 4. The number of urea groups is 1. The lowest BCUT2D eigenvalue weighted by Crippen LogP contribution is -2.46. The lowest BCUT2D eigenvalue weighted by atomic mass is 9.89. The fourth-order valence-corrected chi connectivity index (χ4v) is 4.28. The van der Waals surface area contributed by atoms with Crippen LogP contribution in [-0.2, 0) is 23.9 Å². The molecule has 0 aromatic carbocycles. The fraction of sp³-hybridized carbons (Fsp3) is 0.783. The number of rotatable bonds is 10. The monoisotopic (exact) mass is 481 g/mol. The van der Waals surface area contributed by atoms with Gasteiger partial charge in [0.15, 0.2) is 0 Å². The van der Waals surface area contributed by atoms with Crippen LogP contribution in [0, 0.1) is 11.8 Å². The molecule has 0 aromatic heterocycles. The molecule has 192 valence electrons. The Hall–Kier alpha value is -2.69. The smallest absolute Gasteiger partial charge is 0.332 e. The third kappa shape index (κ3) is 10.5. The summed E-state index contributed by atoms with van der Waals surface area (Å²) >= 11 is 0. The number of amides is 4. The van der Waals surface area contributed by atoms with Crippen molar-refractivity contribution in [3.63, 3.8) is 0 Å². The summed E-state index contributed by atoms with van der Waals surface area (Å²) in [6.45, 7) is 7.26. The Morgan fingerprint density at radius 1 is 1.15 bits per heavy atom. The minimum atomic E-state index is -0.867. The number of hydrazone groups is 1. The van der Waals surface area contributed by atoms with Gasteiger partial charge in [0.05, 0.1) is 25.7 Å². The highest BCUT2D eigenvalue weighted by Gasteiger charge is 2.31. The van der Waals surface area contributed by atoms with Crippen LogP contribution in [-0.4, -0.2) is 72.9 Å². The van der Waals surface area contributed by atoms with Crippen molar-refractivity contribution in [1.82, 2.24) is 15.6 Å². The molecule has 4 N–H and O–H groups in total. The van der Waals surface area contributed by atoms with E-state index in [1.54, 1.807) is 25.7 Å². The number of hydrogen-bond donors (Lipinski definition) is 3. The second kappa shape index (κ2) is 13.3. The van der Waals surface area contributed by atoms with Crippen LogP contribution in [0.5, 0.6) is 0 Å². The van der Waals surface area contributed by atoms with Crippen LogP contribution in [0.15, 0.2) is 5.10 Å². The number of morpholine rings is 1. The van der Waals surface area contributed by atoms with Crippen molar-refractivity contribution in [3.05, 3.63) is 0 Å². The van der Waals surface area contributed by atoms with E-state index in [0.29, 0.717) is 38.6 Å². The van der Waals surface area contributed by atoms with Crippen molar-refractivity contribution in [2.75, 3.05) is 26.3 Å². The minimum Gasteiger partial charge on any atom is -0.460 e. The molecule has 0 radical (unpaired) electrons. The van der Waals surface area contributed by atoms with Crippen LogP contribution < -0.4 is 16.5 Å². The molecule has 0 aromatic rings. The highest BCUT2D eigenvalue weighted by atomic mass is 16.6. The molecule has 1 aliphatic carbocycles. The molecule has 4 amide bonds. The highest BCUT2D eigenvalue weighted by molar-refractivity contribution is 5.89. The van der Waals surface area contributed by atoms with Gasteiger partial charge in [-0.05, 0) is 33.1 Å². The summed E-state index contributed by atoms with van der Waals surface area (Å²) in [6.07, 6.45) is 6.10. The molecule has 2 atom stereocenters. The first-order valence-corrected chi connectivity index (χ1v) is 12.0. The maximum absolute atomic E-state index is 13.3. The standard InChI is InChI=1S/C23H39N5O6/c1-23(2,3)34-20(30)14-18(15-25-27-22(24)32)26-21(31)17(12-16-6-4-5-7-16)13-19(29)28-8-10-33-11-9-28/h15-18H,4-14H2,1-3H3,(H,26,31)(H3,24,27,32)/b25-15+/t17-,18+/m1/s1. The average molecular weight is 482 g/mol. The third-order valence-corrected chi connectivity index (χ3v) is 5.81. The number of ether oxygens (including phenoxy) is 2. The third-order valence-electron chi connectivity index (χ3n) is 5.81. The molecule has 11 nitrogen and oxygen atoms in total. The fourth-order valence-electron chi connectivity index (χ4n) is 4.28. The summed E-state index contributed by atoms with van der Waals surface area (Å²) < 4.78 is 10.7. The van der Waals surface area contributed by atoms with Gasteiger partial charge >= 0.3 is 12.0 Å². The summed E-state index contributed by atoms with van der Waals surface area (Å²) in [6, 6.07) is -1.70. The Bertz CT molecular complexity index is 739. The Balaban J connectivity index is 2.09. The van der Waals surface area contributed by atoms with E-state index >= 15 is 0 Å². The molecule has 2 aliphatic rings. The van der Waals surface area contributed by atoms with E-state index in [-0.39, 0.29) is 24.7 Å². The molecule has 11 heteroatoms. The quantitative estimate of drug-likeness (QED) is 0.243. The van der Waals surface area contributed by atoms with Crippen LogP contribution in [0.25, 0.3) is 0 Å². The molecule has 2 rings (SSSR count). The number of hydrogen-bond acceptors (Lipinski definition) is 7. The number of nitrogens with zero attached hydrogens (tertiary/aromatic N) is 2. The normalized spacial score (nSPS) is 19.0. The molecule has 1 aliphatic heterocycles. The first-order valence-electron chi connectivity index (χ1n) is 12.0. The molecule has 0 unspecified atom stereocenters. The van der Waals surface area contributed by atoms with Gasteiger partial charge in [0.1, 0.15) is 5.60 Å². The average Bonchev–Trinajstić information content (AvgIpc) is 3.25. The van der Waals surface area contributed by atoms with E-state index in [2.05, 4.69) is 15.8 Å². The maximum atomic E-state index is 13.3. The van der Waals surface area contributed by atoms with Crippen molar-refractivity contribution in [2.45, 2.75) is 77.4 Å². The maximum Gasteiger partial charge on any atom is 0.332 e. The summed E-state index contributed by atoms with van der Waals surface area (Å²) in [5, 5.41) is 6.52. The minimum absolute atomic E-state index is 0.0748. The van der Waals surface area contributed by atoms with E-state index in [0.717, 1.165) is 25.7 Å². The van der Waals surface area contributed by atoms with Crippen LogP contribution in [0.4, 0.5) is 4.79 Å². The lowest BCUT2D eigenvalue weighted by molar-refractivity contribution is -0.155. The number of carbonyl (C=O) groups is 4. The van der Waals surface area contributed by atoms with Gasteiger partial charge in [-0.15, -0.1) is 0 Å². The second-order valence-corrected chi connectivity index (χ2v) is 9.94. The molecule has 0 bridgehead atoms. The second-order valence-electron chi connectivity index (χ2n) is 9.94. The summed E-state index contributed by atoms with van der Waals surface area (Å²) in [5.41, 5.74) is 6.41. The van der Waals surface area contributed by atoms with Crippen LogP contribution in [0.1, 0.15) is 65.7 Å². The summed E-state index contributed by atoms with van der Waals surface area (Å²) in [5.74, 6) is -1.07. The van der Waals surface area contributed by atoms with Gasteiger partial charge in [-0.25, -0.2) is 10.2 Å². The first-order chi connectivity index (χ1) is 16.0. The zero-order valence-corrected chi connectivity index (χ0v) is 20.5. The number of esters is 1. The Morgan fingerprint density at radius 3 is 2.38 bits per heavy atom. The zero-order chi connectivity index (χ0) is 25.1. The predicted molar refractivity (Wildman–Crippen MR) is 126 cm³/mol. The largest absolute Gasteiger partial charge is 0.460 e. The lowest BCUT2D eigenvalue weighted by Gasteiger charge is -2.29. The Labute approximate surface area is 201 Å². The molecule has 34 heavy (non-hydrogen) atoms. The van der Waals surface area contributed by atoms with Crippen LogP contribution in [0.3, 0.4) is 0 Å². The Morgan fingerprint density at radius 2 is 1.79 bits per heavy atom. The van der Waals surface area contributed by atoms with Crippen molar-refractivity contribution in [3.8, 4) is 0 Å². The molecule has 1 heterocycles.